The van der Waals surface area contributed by atoms with Crippen molar-refractivity contribution in [2.24, 2.45) is 0 Å². The minimum absolute atomic E-state index is 0.140. The molecule has 0 aliphatic heterocycles. The summed E-state index contributed by atoms with van der Waals surface area (Å²) in [5.41, 5.74) is 1.12. The number of carbonyl (C=O) groups is 1. The SMILES string of the molecule is CS(=O)(=O)N(CCCC(=O)NCc1ccccn1)c1ccc(F)cc1. The lowest BCUT2D eigenvalue weighted by atomic mass is 10.2. The van der Waals surface area contributed by atoms with Crippen LogP contribution in [0.15, 0.2) is 48.7 Å². The molecule has 134 valence electrons. The maximum Gasteiger partial charge on any atom is 0.232 e. The molecule has 0 radical (unpaired) electrons. The van der Waals surface area contributed by atoms with Gasteiger partial charge in [-0.05, 0) is 42.8 Å². The highest BCUT2D eigenvalue weighted by Gasteiger charge is 2.17. The van der Waals surface area contributed by atoms with Crippen LogP contribution in [0, 0.1) is 5.82 Å². The number of aromatic nitrogens is 1. The molecule has 6 nitrogen and oxygen atoms in total. The number of anilines is 1. The lowest BCUT2D eigenvalue weighted by Crippen LogP contribution is -2.32. The molecule has 1 N–H and O–H groups in total. The van der Waals surface area contributed by atoms with E-state index in [-0.39, 0.29) is 18.9 Å². The van der Waals surface area contributed by atoms with Crippen molar-refractivity contribution in [1.29, 1.82) is 0 Å². The Morgan fingerprint density at radius 2 is 1.92 bits per heavy atom. The fraction of sp³-hybridized carbons (Fsp3) is 0.294. The van der Waals surface area contributed by atoms with Crippen molar-refractivity contribution < 1.29 is 17.6 Å². The Kier molecular flexibility index (Phi) is 6.46. The van der Waals surface area contributed by atoms with Gasteiger partial charge in [-0.1, -0.05) is 6.07 Å². The van der Waals surface area contributed by atoms with Gasteiger partial charge in [-0.15, -0.1) is 0 Å². The Balaban J connectivity index is 1.86. The van der Waals surface area contributed by atoms with E-state index in [1.54, 1.807) is 18.3 Å². The number of pyridine rings is 1. The van der Waals surface area contributed by atoms with Crippen LogP contribution in [-0.2, 0) is 21.4 Å². The van der Waals surface area contributed by atoms with Gasteiger partial charge in [-0.3, -0.25) is 14.1 Å². The van der Waals surface area contributed by atoms with Crippen LogP contribution in [0.4, 0.5) is 10.1 Å². The van der Waals surface area contributed by atoms with E-state index < -0.39 is 15.8 Å². The number of amides is 1. The Hall–Kier alpha value is -2.48. The molecular formula is C17H20FN3O3S. The maximum atomic E-state index is 13.0. The van der Waals surface area contributed by atoms with Crippen molar-refractivity contribution in [3.05, 3.63) is 60.2 Å². The van der Waals surface area contributed by atoms with Crippen LogP contribution in [0.25, 0.3) is 0 Å². The number of carbonyl (C=O) groups excluding carboxylic acids is 1. The normalized spacial score (nSPS) is 11.1. The standard InChI is InChI=1S/C17H20FN3O3S/c1-25(23,24)21(16-9-7-14(18)8-10-16)12-4-6-17(22)20-13-15-5-2-3-11-19-15/h2-3,5,7-11H,4,6,12-13H2,1H3,(H,20,22). The van der Waals surface area contributed by atoms with Crippen LogP contribution in [0.5, 0.6) is 0 Å². The summed E-state index contributed by atoms with van der Waals surface area (Å²) in [4.78, 5) is 16.0. The quantitative estimate of drug-likeness (QED) is 0.777. The lowest BCUT2D eigenvalue weighted by Gasteiger charge is -2.22. The van der Waals surface area contributed by atoms with E-state index in [4.69, 9.17) is 0 Å². The van der Waals surface area contributed by atoms with Gasteiger partial charge in [0.2, 0.25) is 15.9 Å². The fourth-order valence-corrected chi connectivity index (χ4v) is 3.22. The average Bonchev–Trinajstić information content (AvgIpc) is 2.58. The molecule has 2 rings (SSSR count). The van der Waals surface area contributed by atoms with E-state index in [9.17, 15) is 17.6 Å². The van der Waals surface area contributed by atoms with E-state index in [1.807, 2.05) is 6.07 Å². The molecule has 2 aromatic rings. The molecule has 1 amide bonds. The highest BCUT2D eigenvalue weighted by Crippen LogP contribution is 2.18. The molecule has 0 aliphatic carbocycles. The zero-order chi connectivity index (χ0) is 18.3. The van der Waals surface area contributed by atoms with Crippen molar-refractivity contribution in [3.8, 4) is 0 Å². The van der Waals surface area contributed by atoms with Crippen molar-refractivity contribution in [2.45, 2.75) is 19.4 Å². The summed E-state index contributed by atoms with van der Waals surface area (Å²) in [5.74, 6) is -0.621. The average molecular weight is 365 g/mol. The minimum Gasteiger partial charge on any atom is -0.350 e. The van der Waals surface area contributed by atoms with Gasteiger partial charge in [0.05, 0.1) is 24.2 Å². The number of rotatable bonds is 8. The van der Waals surface area contributed by atoms with Crippen molar-refractivity contribution >= 4 is 21.6 Å². The fourth-order valence-electron chi connectivity index (χ4n) is 2.26. The highest BCUT2D eigenvalue weighted by molar-refractivity contribution is 7.92. The molecule has 1 aromatic carbocycles. The number of hydrogen-bond acceptors (Lipinski definition) is 4. The molecule has 1 aromatic heterocycles. The van der Waals surface area contributed by atoms with Gasteiger partial charge in [0.15, 0.2) is 0 Å². The molecule has 25 heavy (non-hydrogen) atoms. The van der Waals surface area contributed by atoms with Gasteiger partial charge in [0, 0.05) is 19.2 Å². The van der Waals surface area contributed by atoms with Gasteiger partial charge >= 0.3 is 0 Å². The number of benzene rings is 1. The second kappa shape index (κ2) is 8.57. The molecule has 0 bridgehead atoms. The molecule has 0 saturated carbocycles. The first kappa shape index (κ1) is 18.9. The van der Waals surface area contributed by atoms with Gasteiger partial charge in [-0.25, -0.2) is 12.8 Å². The van der Waals surface area contributed by atoms with E-state index in [1.165, 1.54) is 28.6 Å². The first-order valence-corrected chi connectivity index (χ1v) is 9.61. The van der Waals surface area contributed by atoms with Crippen LogP contribution < -0.4 is 9.62 Å². The number of nitrogens with zero attached hydrogens (tertiary/aromatic N) is 2. The van der Waals surface area contributed by atoms with Crippen molar-refractivity contribution in [2.75, 3.05) is 17.1 Å². The van der Waals surface area contributed by atoms with Crippen molar-refractivity contribution in [3.63, 3.8) is 0 Å². The van der Waals surface area contributed by atoms with Crippen LogP contribution in [0.1, 0.15) is 18.5 Å². The summed E-state index contributed by atoms with van der Waals surface area (Å²) in [6, 6.07) is 10.6. The molecule has 0 fully saturated rings. The zero-order valence-corrected chi connectivity index (χ0v) is 14.7. The summed E-state index contributed by atoms with van der Waals surface area (Å²) in [6.07, 6.45) is 3.25. The topological polar surface area (TPSA) is 79.4 Å². The summed E-state index contributed by atoms with van der Waals surface area (Å²) in [5, 5.41) is 2.74. The van der Waals surface area contributed by atoms with Crippen LogP contribution in [0.2, 0.25) is 0 Å². The molecule has 0 saturated heterocycles. The number of sulfonamides is 1. The third-order valence-corrected chi connectivity index (χ3v) is 4.67. The van der Waals surface area contributed by atoms with E-state index in [2.05, 4.69) is 10.3 Å². The molecule has 0 unspecified atom stereocenters. The number of nitrogens with one attached hydrogen (secondary N) is 1. The van der Waals surface area contributed by atoms with Gasteiger partial charge in [0.1, 0.15) is 5.82 Å². The van der Waals surface area contributed by atoms with Crippen LogP contribution in [-0.4, -0.2) is 32.1 Å². The second-order valence-corrected chi connectivity index (χ2v) is 7.42. The third-order valence-electron chi connectivity index (χ3n) is 3.47. The summed E-state index contributed by atoms with van der Waals surface area (Å²) < 4.78 is 38.0. The minimum atomic E-state index is -3.51. The Morgan fingerprint density at radius 1 is 1.20 bits per heavy atom. The lowest BCUT2D eigenvalue weighted by molar-refractivity contribution is -0.121. The molecule has 1 heterocycles. The number of halogens is 1. The highest BCUT2D eigenvalue weighted by atomic mass is 32.2. The van der Waals surface area contributed by atoms with Crippen LogP contribution in [0.3, 0.4) is 0 Å². The van der Waals surface area contributed by atoms with Gasteiger partial charge in [0.25, 0.3) is 0 Å². The summed E-state index contributed by atoms with van der Waals surface area (Å²) in [7, 11) is -3.51. The third kappa shape index (κ3) is 6.15. The smallest absolute Gasteiger partial charge is 0.232 e. The van der Waals surface area contributed by atoms with Crippen molar-refractivity contribution in [1.82, 2.24) is 10.3 Å². The molecule has 0 atom stereocenters. The molecule has 0 spiro atoms. The molecular weight excluding hydrogens is 345 g/mol. The van der Waals surface area contributed by atoms with E-state index in [0.717, 1.165) is 11.9 Å². The monoisotopic (exact) mass is 365 g/mol. The van der Waals surface area contributed by atoms with E-state index in [0.29, 0.717) is 18.7 Å². The predicted octanol–water partition coefficient (Wildman–Crippen LogP) is 2.08. The first-order chi connectivity index (χ1) is 11.9. The number of hydrogen-bond donors (Lipinski definition) is 1. The Morgan fingerprint density at radius 3 is 2.52 bits per heavy atom. The summed E-state index contributed by atoms with van der Waals surface area (Å²) >= 11 is 0. The molecule has 0 aliphatic rings. The maximum absolute atomic E-state index is 13.0. The first-order valence-electron chi connectivity index (χ1n) is 7.76. The summed E-state index contributed by atoms with van der Waals surface area (Å²) in [6.45, 7) is 0.467. The Bertz CT molecular complexity index is 796. The largest absolute Gasteiger partial charge is 0.350 e. The predicted molar refractivity (Wildman–Crippen MR) is 93.9 cm³/mol. The second-order valence-electron chi connectivity index (χ2n) is 5.51. The van der Waals surface area contributed by atoms with E-state index >= 15 is 0 Å². The Labute approximate surface area is 146 Å². The zero-order valence-electron chi connectivity index (χ0n) is 13.9. The van der Waals surface area contributed by atoms with Crippen LogP contribution >= 0.6 is 0 Å². The molecule has 8 heteroatoms. The van der Waals surface area contributed by atoms with Gasteiger partial charge in [-0.2, -0.15) is 0 Å². The van der Waals surface area contributed by atoms with Gasteiger partial charge < -0.3 is 5.32 Å².